The van der Waals surface area contributed by atoms with Crippen LogP contribution < -0.4 is 37.4 Å². The van der Waals surface area contributed by atoms with Crippen molar-refractivity contribution in [3.63, 3.8) is 0 Å². The molecule has 0 saturated heterocycles. The summed E-state index contributed by atoms with van der Waals surface area (Å²) < 4.78 is 0. The van der Waals surface area contributed by atoms with E-state index in [1.54, 1.807) is 158 Å². The average molecular weight is 808 g/mol. The second kappa shape index (κ2) is 18.7. The summed E-state index contributed by atoms with van der Waals surface area (Å²) in [5, 5.41) is 14.9. The quantitative estimate of drug-likeness (QED) is 0.0405. The third-order valence-electron chi connectivity index (χ3n) is 9.17. The molecule has 13 nitrogen and oxygen atoms in total. The third kappa shape index (κ3) is 10.4. The van der Waals surface area contributed by atoms with Gasteiger partial charge < -0.3 is 26.6 Å². The van der Waals surface area contributed by atoms with Gasteiger partial charge >= 0.3 is 0 Å². The van der Waals surface area contributed by atoms with Gasteiger partial charge in [-0.1, -0.05) is 72.8 Å². The summed E-state index contributed by atoms with van der Waals surface area (Å²) in [5.74, 6) is 3.06. The molecular formula is C48H37N7O6. The molecule has 0 spiro atoms. The van der Waals surface area contributed by atoms with Crippen LogP contribution in [-0.4, -0.2) is 35.4 Å². The van der Waals surface area contributed by atoms with Crippen LogP contribution in [0.1, 0.15) is 62.1 Å². The lowest BCUT2D eigenvalue weighted by molar-refractivity contribution is 0.0982. The zero-order valence-corrected chi connectivity index (χ0v) is 32.3. The fourth-order valence-electron chi connectivity index (χ4n) is 6.14. The first-order valence-corrected chi connectivity index (χ1v) is 18.9. The van der Waals surface area contributed by atoms with Crippen LogP contribution in [0.5, 0.6) is 0 Å². The lowest BCUT2D eigenvalue weighted by Gasteiger charge is -2.18. The number of nitrogens with one attached hydrogen (secondary N) is 5. The minimum atomic E-state index is -0.671. The van der Waals surface area contributed by atoms with E-state index < -0.39 is 23.6 Å². The van der Waals surface area contributed by atoms with Crippen LogP contribution in [0.3, 0.4) is 0 Å². The van der Waals surface area contributed by atoms with Gasteiger partial charge in [0.25, 0.3) is 35.4 Å². The monoisotopic (exact) mass is 807 g/mol. The largest absolute Gasteiger partial charge is 0.322 e. The second-order valence-electron chi connectivity index (χ2n) is 13.6. The molecule has 0 aliphatic heterocycles. The van der Waals surface area contributed by atoms with E-state index >= 15 is 0 Å². The van der Waals surface area contributed by atoms with Crippen molar-refractivity contribution in [2.24, 2.45) is 5.84 Å². The lowest BCUT2D eigenvalue weighted by atomic mass is 10.0. The molecule has 13 heteroatoms. The van der Waals surface area contributed by atoms with Crippen molar-refractivity contribution in [2.75, 3.05) is 31.6 Å². The summed E-state index contributed by atoms with van der Waals surface area (Å²) in [4.78, 5) is 80.2. The molecule has 0 bridgehead atoms. The van der Waals surface area contributed by atoms with E-state index in [0.717, 1.165) is 5.01 Å². The number of carbonyl (C=O) groups is 6. The Morgan fingerprint density at radius 2 is 0.607 bits per heavy atom. The topological polar surface area (TPSA) is 192 Å². The van der Waals surface area contributed by atoms with Crippen molar-refractivity contribution in [2.45, 2.75) is 0 Å². The molecule has 0 aromatic heterocycles. The van der Waals surface area contributed by atoms with Crippen LogP contribution in [0.2, 0.25) is 0 Å². The lowest BCUT2D eigenvalue weighted by Crippen LogP contribution is -2.37. The molecule has 0 radical (unpaired) electrons. The highest BCUT2D eigenvalue weighted by atomic mass is 16.2. The summed E-state index contributed by atoms with van der Waals surface area (Å²) in [6.07, 6.45) is 0. The Balaban J connectivity index is 1.13. The number of nitrogens with zero attached hydrogens (tertiary/aromatic N) is 1. The van der Waals surface area contributed by atoms with Crippen molar-refractivity contribution in [1.29, 1.82) is 0 Å². The maximum absolute atomic E-state index is 13.9. The van der Waals surface area contributed by atoms with Crippen molar-refractivity contribution < 1.29 is 28.8 Å². The Kier molecular flexibility index (Phi) is 12.4. The maximum Gasteiger partial charge on any atom is 0.272 e. The number of amides is 6. The smallest absolute Gasteiger partial charge is 0.272 e. The highest BCUT2D eigenvalue weighted by Gasteiger charge is 2.20. The first kappa shape index (κ1) is 40.5. The number of carbonyl (C=O) groups excluding carboxylic acids is 6. The normalized spacial score (nSPS) is 10.4. The van der Waals surface area contributed by atoms with Gasteiger partial charge in [-0.3, -0.25) is 28.8 Å². The second-order valence-corrected chi connectivity index (χ2v) is 13.6. The Hall–Kier alpha value is -8.68. The zero-order chi connectivity index (χ0) is 42.7. The van der Waals surface area contributed by atoms with Crippen molar-refractivity contribution in [1.82, 2.24) is 0 Å². The molecule has 0 atom stereocenters. The average Bonchev–Trinajstić information content (AvgIpc) is 3.29. The molecule has 0 aliphatic rings. The van der Waals surface area contributed by atoms with Crippen LogP contribution in [0.25, 0.3) is 0 Å². The molecule has 0 saturated carbocycles. The van der Waals surface area contributed by atoms with Crippen LogP contribution in [0.15, 0.2) is 182 Å². The fourth-order valence-corrected chi connectivity index (χ4v) is 6.14. The maximum atomic E-state index is 13.9. The van der Waals surface area contributed by atoms with Crippen LogP contribution in [-0.2, 0) is 0 Å². The molecule has 61 heavy (non-hydrogen) atoms. The number of nitrogens with two attached hydrogens (primary N) is 1. The summed E-state index contributed by atoms with van der Waals surface area (Å²) in [6, 6.07) is 49.1. The van der Waals surface area contributed by atoms with E-state index in [-0.39, 0.29) is 34.2 Å². The SMILES string of the molecule is NN(C(=O)c1ccccc1)c1cccc(NC(=O)c2cc(C(=O)Nc3cccc(NC(=O)c4ccccc4)c3)cc(C(=O)Nc3cccc(NC(=O)c4ccccc4)c3)c2)c1. The number of benzene rings is 7. The number of hydrogen-bond donors (Lipinski definition) is 6. The molecule has 300 valence electrons. The van der Waals surface area contributed by atoms with Gasteiger partial charge in [-0.2, -0.15) is 0 Å². The van der Waals surface area contributed by atoms with Gasteiger partial charge in [0.05, 0.1) is 5.69 Å². The fraction of sp³-hybridized carbons (Fsp3) is 0. The molecule has 7 aromatic rings. The number of hydrazine groups is 1. The number of anilines is 6. The minimum Gasteiger partial charge on any atom is -0.322 e. The van der Waals surface area contributed by atoms with E-state index in [9.17, 15) is 28.8 Å². The van der Waals surface area contributed by atoms with E-state index in [1.165, 1.54) is 24.3 Å². The highest BCUT2D eigenvalue weighted by molar-refractivity contribution is 6.14. The standard InChI is InChI=1S/C48H37N7O6/c49-55(48(61)33-17-8-3-9-18-33)42-24-12-23-41(30-42)54-47(60)36-26-34(45(58)52-39-21-10-19-37(28-39)50-43(56)31-13-4-1-5-14-31)25-35(27-36)46(59)53-40-22-11-20-38(29-40)51-44(57)32-15-6-2-7-16-32/h1-30H,49H2,(H,50,56)(H,51,57)(H,52,58)(H,53,59)(H,54,60). The predicted molar refractivity (Wildman–Crippen MR) is 236 cm³/mol. The summed E-state index contributed by atoms with van der Waals surface area (Å²) >= 11 is 0. The summed E-state index contributed by atoms with van der Waals surface area (Å²) in [5.41, 5.74) is 3.26. The number of rotatable bonds is 12. The molecule has 0 fully saturated rings. The first-order valence-electron chi connectivity index (χ1n) is 18.9. The van der Waals surface area contributed by atoms with Gasteiger partial charge in [-0.05, 0) is 109 Å². The van der Waals surface area contributed by atoms with Gasteiger partial charge in [0.1, 0.15) is 0 Å². The van der Waals surface area contributed by atoms with E-state index in [2.05, 4.69) is 26.6 Å². The summed E-state index contributed by atoms with van der Waals surface area (Å²) in [7, 11) is 0. The Morgan fingerprint density at radius 1 is 0.311 bits per heavy atom. The zero-order valence-electron chi connectivity index (χ0n) is 32.3. The first-order chi connectivity index (χ1) is 29.6. The highest BCUT2D eigenvalue weighted by Crippen LogP contribution is 2.23. The van der Waals surface area contributed by atoms with Gasteiger partial charge in [0.2, 0.25) is 0 Å². The van der Waals surface area contributed by atoms with Crippen molar-refractivity contribution in [3.05, 3.63) is 215 Å². The molecular weight excluding hydrogens is 771 g/mol. The number of hydrogen-bond acceptors (Lipinski definition) is 7. The van der Waals surface area contributed by atoms with Crippen LogP contribution in [0, 0.1) is 0 Å². The molecule has 0 unspecified atom stereocenters. The van der Waals surface area contributed by atoms with Crippen LogP contribution >= 0.6 is 0 Å². The van der Waals surface area contributed by atoms with E-state index in [0.29, 0.717) is 45.1 Å². The summed E-state index contributed by atoms with van der Waals surface area (Å²) in [6.45, 7) is 0. The van der Waals surface area contributed by atoms with Gasteiger partial charge in [0.15, 0.2) is 0 Å². The van der Waals surface area contributed by atoms with Crippen molar-refractivity contribution >= 4 is 69.6 Å². The Bertz CT molecular complexity index is 2630. The third-order valence-corrected chi connectivity index (χ3v) is 9.17. The Morgan fingerprint density at radius 3 is 0.967 bits per heavy atom. The molecule has 0 aliphatic carbocycles. The molecule has 7 rings (SSSR count). The van der Waals surface area contributed by atoms with Gasteiger partial charge in [0, 0.05) is 61.8 Å². The minimum absolute atomic E-state index is 0.0317. The molecule has 7 N–H and O–H groups in total. The Labute approximate surface area is 350 Å². The van der Waals surface area contributed by atoms with Gasteiger partial charge in [-0.15, -0.1) is 0 Å². The van der Waals surface area contributed by atoms with Gasteiger partial charge in [-0.25, -0.2) is 10.9 Å². The van der Waals surface area contributed by atoms with Crippen molar-refractivity contribution in [3.8, 4) is 0 Å². The van der Waals surface area contributed by atoms with E-state index in [1.807, 2.05) is 0 Å². The van der Waals surface area contributed by atoms with E-state index in [4.69, 9.17) is 5.84 Å². The van der Waals surface area contributed by atoms with Crippen LogP contribution in [0.4, 0.5) is 34.1 Å². The predicted octanol–water partition coefficient (Wildman–Crippen LogP) is 8.47. The molecule has 0 heterocycles. The molecule has 7 aromatic carbocycles. The molecule has 6 amide bonds.